The van der Waals surface area contributed by atoms with Crippen molar-refractivity contribution in [2.75, 3.05) is 18.0 Å². The number of amides is 4. The summed E-state index contributed by atoms with van der Waals surface area (Å²) in [6, 6.07) is 6.23. The summed E-state index contributed by atoms with van der Waals surface area (Å²) < 4.78 is 1.24. The first-order chi connectivity index (χ1) is 15.3. The monoisotopic (exact) mass is 455 g/mol. The molecule has 4 rings (SSSR count). The summed E-state index contributed by atoms with van der Waals surface area (Å²) in [5.74, 6) is -1.13. The van der Waals surface area contributed by atoms with E-state index in [2.05, 4.69) is 26.3 Å². The Morgan fingerprint density at radius 1 is 1.19 bits per heavy atom. The van der Waals surface area contributed by atoms with Crippen LogP contribution in [0, 0.1) is 0 Å². The minimum Gasteiger partial charge on any atom is -0.336 e. The van der Waals surface area contributed by atoms with Gasteiger partial charge in [-0.1, -0.05) is 18.2 Å². The lowest BCUT2D eigenvalue weighted by Crippen LogP contribution is -2.43. The van der Waals surface area contributed by atoms with Gasteiger partial charge in [-0.3, -0.25) is 30.1 Å². The number of hydrazine groups is 1. The van der Waals surface area contributed by atoms with Crippen LogP contribution in [0.3, 0.4) is 0 Å². The van der Waals surface area contributed by atoms with Crippen molar-refractivity contribution in [1.29, 1.82) is 0 Å². The molecule has 1 saturated heterocycles. The molecule has 1 fully saturated rings. The molecule has 0 atom stereocenters. The van der Waals surface area contributed by atoms with E-state index in [1.165, 1.54) is 20.9 Å². The average Bonchev–Trinajstić information content (AvgIpc) is 3.40. The molecule has 3 heterocycles. The van der Waals surface area contributed by atoms with Gasteiger partial charge in [0, 0.05) is 23.9 Å². The molecule has 11 nitrogen and oxygen atoms in total. The average molecular weight is 456 g/mol. The number of nitrogens with zero attached hydrogens (tertiary/aromatic N) is 4. The Hall–Kier alpha value is -3.80. The maximum absolute atomic E-state index is 12.7. The molecule has 1 aromatic carbocycles. The van der Waals surface area contributed by atoms with E-state index in [1.807, 2.05) is 0 Å². The van der Waals surface area contributed by atoms with Crippen molar-refractivity contribution in [2.45, 2.75) is 26.3 Å². The molecule has 32 heavy (non-hydrogen) atoms. The van der Waals surface area contributed by atoms with Gasteiger partial charge < -0.3 is 5.32 Å². The second-order valence-electron chi connectivity index (χ2n) is 7.42. The number of rotatable bonds is 5. The predicted molar refractivity (Wildman–Crippen MR) is 119 cm³/mol. The Kier molecular flexibility index (Phi) is 5.86. The first-order valence-electron chi connectivity index (χ1n) is 9.95. The minimum atomic E-state index is -0.642. The highest BCUT2D eigenvalue weighted by molar-refractivity contribution is 7.14. The van der Waals surface area contributed by atoms with E-state index < -0.39 is 11.8 Å². The fourth-order valence-electron chi connectivity index (χ4n) is 3.27. The number of aromatic nitrogens is 3. The van der Waals surface area contributed by atoms with Crippen LogP contribution in [-0.2, 0) is 11.2 Å². The summed E-state index contributed by atoms with van der Waals surface area (Å²) in [6.07, 6.45) is -0.0775. The highest BCUT2D eigenvalue weighted by Gasteiger charge is 2.24. The van der Waals surface area contributed by atoms with Crippen molar-refractivity contribution in [3.05, 3.63) is 51.4 Å². The summed E-state index contributed by atoms with van der Waals surface area (Å²) >= 11 is 1.27. The van der Waals surface area contributed by atoms with Crippen LogP contribution in [-0.4, -0.2) is 45.7 Å². The number of anilines is 1. The van der Waals surface area contributed by atoms with Crippen LogP contribution in [0.15, 0.2) is 34.4 Å². The Labute approximate surface area is 186 Å². The van der Waals surface area contributed by atoms with Crippen LogP contribution in [0.5, 0.6) is 0 Å². The summed E-state index contributed by atoms with van der Waals surface area (Å²) in [5, 5.41) is 9.87. The second kappa shape index (κ2) is 8.75. The summed E-state index contributed by atoms with van der Waals surface area (Å²) in [4.78, 5) is 55.2. The number of carbonyl (C=O) groups is 3. The molecule has 0 unspecified atom stereocenters. The number of carbonyl (C=O) groups excluding carboxylic acids is 3. The van der Waals surface area contributed by atoms with Gasteiger partial charge in [-0.05, 0) is 19.9 Å². The van der Waals surface area contributed by atoms with Gasteiger partial charge >= 0.3 is 6.03 Å². The number of fused-ring (bicyclic) bond motifs is 1. The molecule has 0 radical (unpaired) electrons. The molecule has 3 aromatic rings. The van der Waals surface area contributed by atoms with Crippen LogP contribution in [0.4, 0.5) is 9.93 Å². The molecule has 0 aliphatic carbocycles. The van der Waals surface area contributed by atoms with E-state index in [4.69, 9.17) is 0 Å². The Morgan fingerprint density at radius 2 is 1.94 bits per heavy atom. The van der Waals surface area contributed by atoms with Crippen molar-refractivity contribution < 1.29 is 14.4 Å². The molecule has 2 aromatic heterocycles. The summed E-state index contributed by atoms with van der Waals surface area (Å²) in [6.45, 7) is 4.65. The van der Waals surface area contributed by atoms with Gasteiger partial charge in [0.15, 0.2) is 10.8 Å². The lowest BCUT2D eigenvalue weighted by atomic mass is 10.1. The van der Waals surface area contributed by atoms with Crippen molar-refractivity contribution in [1.82, 2.24) is 30.9 Å². The quantitative estimate of drug-likeness (QED) is 0.490. The van der Waals surface area contributed by atoms with Crippen LogP contribution >= 0.6 is 11.3 Å². The first kappa shape index (κ1) is 21.4. The highest BCUT2D eigenvalue weighted by Crippen LogP contribution is 2.22. The molecule has 166 valence electrons. The normalized spacial score (nSPS) is 13.5. The molecule has 1 aliphatic rings. The van der Waals surface area contributed by atoms with Gasteiger partial charge in [0.05, 0.1) is 23.5 Å². The summed E-state index contributed by atoms with van der Waals surface area (Å²) in [5.41, 5.74) is 4.92. The molecule has 4 amide bonds. The van der Waals surface area contributed by atoms with Crippen molar-refractivity contribution in [3.8, 4) is 0 Å². The maximum atomic E-state index is 12.7. The SMILES string of the molecule is CC(C)n1nc(C(=O)NNC(=O)Cc2csc(N3CCNC3=O)n2)c2ccccc2c1=O. The third kappa shape index (κ3) is 4.17. The molecular weight excluding hydrogens is 434 g/mol. The van der Waals surface area contributed by atoms with Crippen LogP contribution in [0.2, 0.25) is 0 Å². The topological polar surface area (TPSA) is 138 Å². The second-order valence-corrected chi connectivity index (χ2v) is 8.26. The van der Waals surface area contributed by atoms with Crippen LogP contribution in [0.25, 0.3) is 10.8 Å². The van der Waals surface area contributed by atoms with Crippen LogP contribution in [0.1, 0.15) is 36.1 Å². The largest absolute Gasteiger partial charge is 0.336 e. The van der Waals surface area contributed by atoms with Gasteiger partial charge in [0.25, 0.3) is 11.5 Å². The molecule has 3 N–H and O–H groups in total. The van der Waals surface area contributed by atoms with Gasteiger partial charge in [-0.2, -0.15) is 5.10 Å². The van der Waals surface area contributed by atoms with E-state index in [0.29, 0.717) is 34.7 Å². The number of hydrogen-bond acceptors (Lipinski definition) is 7. The molecule has 0 spiro atoms. The number of benzene rings is 1. The zero-order valence-electron chi connectivity index (χ0n) is 17.4. The lowest BCUT2D eigenvalue weighted by Gasteiger charge is -2.13. The molecule has 0 saturated carbocycles. The lowest BCUT2D eigenvalue weighted by molar-refractivity contribution is -0.121. The van der Waals surface area contributed by atoms with E-state index >= 15 is 0 Å². The Morgan fingerprint density at radius 3 is 2.62 bits per heavy atom. The van der Waals surface area contributed by atoms with Crippen molar-refractivity contribution in [2.24, 2.45) is 0 Å². The zero-order chi connectivity index (χ0) is 22.8. The van der Waals surface area contributed by atoms with Crippen LogP contribution < -0.4 is 26.6 Å². The van der Waals surface area contributed by atoms with E-state index in [9.17, 15) is 19.2 Å². The van der Waals surface area contributed by atoms with Gasteiger partial charge in [-0.25, -0.2) is 14.5 Å². The fraction of sp³-hybridized carbons (Fsp3) is 0.300. The number of hydrogen-bond donors (Lipinski definition) is 3. The maximum Gasteiger partial charge on any atom is 0.323 e. The minimum absolute atomic E-state index is 0.0326. The highest BCUT2D eigenvalue weighted by atomic mass is 32.1. The Bertz CT molecular complexity index is 1270. The molecule has 0 bridgehead atoms. The number of nitrogens with one attached hydrogen (secondary N) is 3. The van der Waals surface area contributed by atoms with Crippen molar-refractivity contribution >= 4 is 45.1 Å². The predicted octanol–water partition coefficient (Wildman–Crippen LogP) is 0.967. The van der Waals surface area contributed by atoms with Gasteiger partial charge in [0.1, 0.15) is 0 Å². The standard InChI is InChI=1S/C20H21N7O4S/c1-11(2)27-18(30)14-6-4-3-5-13(14)16(25-27)17(29)24-23-15(28)9-12-10-32-20(22-12)26-8-7-21-19(26)31/h3-6,10-11H,7-9H2,1-2H3,(H,21,31)(H,23,28)(H,24,29). The van der Waals surface area contributed by atoms with Gasteiger partial charge in [-0.15, -0.1) is 11.3 Å². The van der Waals surface area contributed by atoms with Crippen molar-refractivity contribution in [3.63, 3.8) is 0 Å². The van der Waals surface area contributed by atoms with E-state index in [0.717, 1.165) is 0 Å². The molecular formula is C20H21N7O4S. The number of urea groups is 1. The Balaban J connectivity index is 1.45. The van der Waals surface area contributed by atoms with E-state index in [1.54, 1.807) is 43.5 Å². The fourth-order valence-corrected chi connectivity index (χ4v) is 4.12. The third-order valence-electron chi connectivity index (χ3n) is 4.82. The third-order valence-corrected chi connectivity index (χ3v) is 5.73. The smallest absolute Gasteiger partial charge is 0.323 e. The summed E-state index contributed by atoms with van der Waals surface area (Å²) in [7, 11) is 0. The molecule has 1 aliphatic heterocycles. The molecule has 12 heteroatoms. The number of thiazole rings is 1. The first-order valence-corrected chi connectivity index (χ1v) is 10.8. The van der Waals surface area contributed by atoms with E-state index in [-0.39, 0.29) is 29.7 Å². The zero-order valence-corrected chi connectivity index (χ0v) is 18.2. The van der Waals surface area contributed by atoms with Gasteiger partial charge in [0.2, 0.25) is 5.91 Å².